The highest BCUT2D eigenvalue weighted by Gasteiger charge is 2.20. The summed E-state index contributed by atoms with van der Waals surface area (Å²) < 4.78 is 20.7. The smallest absolute Gasteiger partial charge is 0.133 e. The predicted octanol–water partition coefficient (Wildman–Crippen LogP) is 2.69. The Labute approximate surface area is 117 Å². The number of hydrogen-bond acceptors (Lipinski definition) is 3. The van der Waals surface area contributed by atoms with Crippen LogP contribution in [0.4, 0.5) is 4.39 Å². The maximum Gasteiger partial charge on any atom is 0.133 e. The van der Waals surface area contributed by atoms with Gasteiger partial charge in [0.25, 0.3) is 0 Å². The molecule has 0 spiro atoms. The summed E-state index contributed by atoms with van der Waals surface area (Å²) in [4.78, 5) is 0. The molecule has 4 nitrogen and oxygen atoms in total. The van der Waals surface area contributed by atoms with Gasteiger partial charge in [0, 0.05) is 18.2 Å². The van der Waals surface area contributed by atoms with E-state index in [0.29, 0.717) is 18.0 Å². The van der Waals surface area contributed by atoms with E-state index in [4.69, 9.17) is 4.74 Å². The van der Waals surface area contributed by atoms with Gasteiger partial charge in [-0.2, -0.15) is 5.10 Å². The molecule has 1 unspecified atom stereocenters. The van der Waals surface area contributed by atoms with Crippen molar-refractivity contribution in [1.29, 1.82) is 0 Å². The van der Waals surface area contributed by atoms with E-state index in [1.807, 2.05) is 19.9 Å². The van der Waals surface area contributed by atoms with Crippen molar-refractivity contribution in [1.82, 2.24) is 9.78 Å². The van der Waals surface area contributed by atoms with E-state index in [1.54, 1.807) is 10.7 Å². The van der Waals surface area contributed by atoms with Gasteiger partial charge in [-0.15, -0.1) is 0 Å². The Morgan fingerprint density at radius 3 is 2.65 bits per heavy atom. The van der Waals surface area contributed by atoms with Gasteiger partial charge in [-0.1, -0.05) is 6.92 Å². The van der Waals surface area contributed by atoms with Crippen molar-refractivity contribution < 1.29 is 14.2 Å². The molecule has 2 rings (SSSR count). The summed E-state index contributed by atoms with van der Waals surface area (Å²) in [7, 11) is 1.48. The minimum Gasteiger partial charge on any atom is -0.497 e. The first-order chi connectivity index (χ1) is 9.60. The van der Waals surface area contributed by atoms with E-state index in [9.17, 15) is 9.50 Å². The average Bonchev–Trinajstić information content (AvgIpc) is 2.89. The molecule has 0 amide bonds. The van der Waals surface area contributed by atoms with Crippen LogP contribution in [0.3, 0.4) is 0 Å². The average molecular weight is 278 g/mol. The number of ether oxygens (including phenoxy) is 1. The van der Waals surface area contributed by atoms with Crippen LogP contribution in [0.1, 0.15) is 36.9 Å². The summed E-state index contributed by atoms with van der Waals surface area (Å²) in [5.74, 6) is -0.0598. The van der Waals surface area contributed by atoms with Crippen molar-refractivity contribution >= 4 is 0 Å². The number of aliphatic hydroxyl groups excluding tert-OH is 1. The Balaban J connectivity index is 2.40. The van der Waals surface area contributed by atoms with Crippen molar-refractivity contribution in [3.8, 4) is 5.75 Å². The van der Waals surface area contributed by atoms with Crippen LogP contribution >= 0.6 is 0 Å². The summed E-state index contributed by atoms with van der Waals surface area (Å²) >= 11 is 0. The molecule has 1 atom stereocenters. The molecule has 0 bridgehead atoms. The molecule has 0 aliphatic rings. The van der Waals surface area contributed by atoms with Crippen LogP contribution in [0.25, 0.3) is 0 Å². The monoisotopic (exact) mass is 278 g/mol. The van der Waals surface area contributed by atoms with Gasteiger partial charge in [0.1, 0.15) is 17.7 Å². The number of rotatable bonds is 5. The highest BCUT2D eigenvalue weighted by atomic mass is 19.1. The van der Waals surface area contributed by atoms with E-state index in [-0.39, 0.29) is 5.56 Å². The third-order valence-corrected chi connectivity index (χ3v) is 3.31. The molecule has 0 saturated carbocycles. The SMILES string of the molecule is CCc1cc(C(O)c2ccc(OC)cc2F)n(CC)n1. The molecule has 0 aliphatic heterocycles. The Morgan fingerprint density at radius 1 is 1.35 bits per heavy atom. The van der Waals surface area contributed by atoms with Gasteiger partial charge < -0.3 is 9.84 Å². The van der Waals surface area contributed by atoms with Gasteiger partial charge in [-0.25, -0.2) is 4.39 Å². The Morgan fingerprint density at radius 2 is 2.10 bits per heavy atom. The quantitative estimate of drug-likeness (QED) is 0.914. The molecule has 0 saturated heterocycles. The first-order valence-electron chi connectivity index (χ1n) is 6.68. The van der Waals surface area contributed by atoms with E-state index >= 15 is 0 Å². The van der Waals surface area contributed by atoms with Crippen molar-refractivity contribution in [2.45, 2.75) is 32.9 Å². The molecule has 0 fully saturated rings. The number of methoxy groups -OCH3 is 1. The van der Waals surface area contributed by atoms with Gasteiger partial charge in [-0.05, 0) is 31.5 Å². The number of aliphatic hydroxyl groups is 1. The number of hydrogen-bond donors (Lipinski definition) is 1. The molecule has 1 aromatic heterocycles. The zero-order valence-electron chi connectivity index (χ0n) is 11.9. The third-order valence-electron chi connectivity index (χ3n) is 3.31. The lowest BCUT2D eigenvalue weighted by atomic mass is 10.0. The third kappa shape index (κ3) is 2.67. The lowest BCUT2D eigenvalue weighted by Gasteiger charge is -2.14. The summed E-state index contributed by atoms with van der Waals surface area (Å²) in [6, 6.07) is 6.26. The molecular weight excluding hydrogens is 259 g/mol. The first kappa shape index (κ1) is 14.5. The number of aromatic nitrogens is 2. The largest absolute Gasteiger partial charge is 0.497 e. The number of aryl methyl sites for hydroxylation is 2. The molecule has 5 heteroatoms. The van der Waals surface area contributed by atoms with E-state index in [0.717, 1.165) is 12.1 Å². The summed E-state index contributed by atoms with van der Waals surface area (Å²) in [5, 5.41) is 14.8. The fourth-order valence-corrected chi connectivity index (χ4v) is 2.15. The summed E-state index contributed by atoms with van der Waals surface area (Å²) in [6.45, 7) is 4.56. The number of benzene rings is 1. The maximum absolute atomic E-state index is 14.0. The van der Waals surface area contributed by atoms with Crippen LogP contribution < -0.4 is 4.74 Å². The van der Waals surface area contributed by atoms with Crippen LogP contribution in [0.15, 0.2) is 24.3 Å². The van der Waals surface area contributed by atoms with Crippen molar-refractivity contribution in [3.63, 3.8) is 0 Å². The molecule has 108 valence electrons. The lowest BCUT2D eigenvalue weighted by Crippen LogP contribution is -2.10. The van der Waals surface area contributed by atoms with E-state index in [1.165, 1.54) is 19.2 Å². The first-order valence-corrected chi connectivity index (χ1v) is 6.68. The van der Waals surface area contributed by atoms with Crippen molar-refractivity contribution in [2.24, 2.45) is 0 Å². The molecule has 20 heavy (non-hydrogen) atoms. The molecular formula is C15H19FN2O2. The Kier molecular flexibility index (Phi) is 4.39. The Hall–Kier alpha value is -1.88. The minimum absolute atomic E-state index is 0.225. The van der Waals surface area contributed by atoms with Crippen LogP contribution in [-0.4, -0.2) is 22.0 Å². The normalized spacial score (nSPS) is 12.4. The fourth-order valence-electron chi connectivity index (χ4n) is 2.15. The maximum atomic E-state index is 14.0. The van der Waals surface area contributed by atoms with Gasteiger partial charge in [0.15, 0.2) is 0 Å². The van der Waals surface area contributed by atoms with Crippen molar-refractivity contribution in [2.75, 3.05) is 7.11 Å². The van der Waals surface area contributed by atoms with Crippen LogP contribution in [0, 0.1) is 5.82 Å². The van der Waals surface area contributed by atoms with Gasteiger partial charge in [0.05, 0.1) is 18.5 Å². The fraction of sp³-hybridized carbons (Fsp3) is 0.400. The zero-order valence-corrected chi connectivity index (χ0v) is 11.9. The van der Waals surface area contributed by atoms with Crippen molar-refractivity contribution in [3.05, 3.63) is 47.0 Å². The summed E-state index contributed by atoms with van der Waals surface area (Å²) in [5.41, 5.74) is 1.71. The predicted molar refractivity (Wildman–Crippen MR) is 74.3 cm³/mol. The van der Waals surface area contributed by atoms with E-state index in [2.05, 4.69) is 5.10 Å². The number of nitrogens with zero attached hydrogens (tertiary/aromatic N) is 2. The summed E-state index contributed by atoms with van der Waals surface area (Å²) in [6.07, 6.45) is -0.258. The molecule has 0 radical (unpaired) electrons. The molecule has 1 heterocycles. The highest BCUT2D eigenvalue weighted by molar-refractivity contribution is 5.34. The number of halogens is 1. The topological polar surface area (TPSA) is 47.3 Å². The van der Waals surface area contributed by atoms with Gasteiger partial charge in [-0.3, -0.25) is 4.68 Å². The molecule has 1 aromatic carbocycles. The second kappa shape index (κ2) is 6.05. The van der Waals surface area contributed by atoms with E-state index < -0.39 is 11.9 Å². The van der Waals surface area contributed by atoms with Gasteiger partial charge >= 0.3 is 0 Å². The van der Waals surface area contributed by atoms with Crippen LogP contribution in [-0.2, 0) is 13.0 Å². The second-order valence-corrected chi connectivity index (χ2v) is 4.52. The van der Waals surface area contributed by atoms with Crippen LogP contribution in [0.5, 0.6) is 5.75 Å². The second-order valence-electron chi connectivity index (χ2n) is 4.52. The minimum atomic E-state index is -1.03. The molecule has 2 aromatic rings. The van der Waals surface area contributed by atoms with Crippen LogP contribution in [0.2, 0.25) is 0 Å². The Bertz CT molecular complexity index is 596. The van der Waals surface area contributed by atoms with Gasteiger partial charge in [0.2, 0.25) is 0 Å². The standard InChI is InChI=1S/C15H19FN2O2/c1-4-10-8-14(18(5-2)17-10)15(19)12-7-6-11(20-3)9-13(12)16/h6-9,15,19H,4-5H2,1-3H3. The molecule has 1 N–H and O–H groups in total. The lowest BCUT2D eigenvalue weighted by molar-refractivity contribution is 0.202. The molecule has 0 aliphatic carbocycles. The zero-order chi connectivity index (χ0) is 14.7. The highest BCUT2D eigenvalue weighted by Crippen LogP contribution is 2.27.